The number of halogens is 1. The van der Waals surface area contributed by atoms with Crippen molar-refractivity contribution < 1.29 is 0 Å². The summed E-state index contributed by atoms with van der Waals surface area (Å²) in [6, 6.07) is 6.38. The minimum atomic E-state index is 0. The van der Waals surface area contributed by atoms with Gasteiger partial charge in [0.15, 0.2) is 0 Å². The van der Waals surface area contributed by atoms with Gasteiger partial charge in [-0.15, -0.1) is 12.4 Å². The fraction of sp³-hybridized carbons (Fsp3) is 0.400. The Kier molecular flexibility index (Phi) is 2.63. The van der Waals surface area contributed by atoms with Crippen molar-refractivity contribution in [3.8, 4) is 0 Å². The van der Waals surface area contributed by atoms with Gasteiger partial charge in [0.2, 0.25) is 0 Å². The van der Waals surface area contributed by atoms with Crippen molar-refractivity contribution in [1.29, 1.82) is 0 Å². The topological polar surface area (TPSA) is 26.0 Å². The van der Waals surface area contributed by atoms with E-state index in [0.717, 1.165) is 11.6 Å². The lowest BCUT2D eigenvalue weighted by atomic mass is 10.1. The van der Waals surface area contributed by atoms with Crippen molar-refractivity contribution in [2.75, 3.05) is 5.73 Å². The average Bonchev–Trinajstić information content (AvgIpc) is 2.77. The molecule has 0 heterocycles. The van der Waals surface area contributed by atoms with Crippen molar-refractivity contribution >= 4 is 18.1 Å². The molecule has 1 fully saturated rings. The number of benzene rings is 1. The standard InChI is InChI=1S/C10H13N.ClH/c1-7-6-9(8-2-3-8)4-5-10(7)11;/h4-6,8H,2-3,11H2,1H3;1H. The maximum absolute atomic E-state index is 5.71. The van der Waals surface area contributed by atoms with E-state index in [1.807, 2.05) is 6.07 Å². The lowest BCUT2D eigenvalue weighted by Gasteiger charge is -2.02. The fourth-order valence-electron chi connectivity index (χ4n) is 1.37. The van der Waals surface area contributed by atoms with E-state index in [0.29, 0.717) is 0 Å². The summed E-state index contributed by atoms with van der Waals surface area (Å²) < 4.78 is 0. The summed E-state index contributed by atoms with van der Waals surface area (Å²) in [5.74, 6) is 0.842. The number of aryl methyl sites for hydroxylation is 1. The third-order valence-corrected chi connectivity index (χ3v) is 2.34. The van der Waals surface area contributed by atoms with E-state index in [1.54, 1.807) is 0 Å². The van der Waals surface area contributed by atoms with E-state index in [2.05, 4.69) is 19.1 Å². The third-order valence-electron chi connectivity index (χ3n) is 2.34. The average molecular weight is 184 g/mol. The van der Waals surface area contributed by atoms with Crippen LogP contribution in [-0.2, 0) is 0 Å². The molecule has 2 heteroatoms. The van der Waals surface area contributed by atoms with Gasteiger partial charge in [-0.1, -0.05) is 12.1 Å². The Morgan fingerprint density at radius 2 is 2.00 bits per heavy atom. The highest BCUT2D eigenvalue weighted by Gasteiger charge is 2.23. The van der Waals surface area contributed by atoms with Crippen molar-refractivity contribution in [3.63, 3.8) is 0 Å². The molecule has 0 unspecified atom stereocenters. The van der Waals surface area contributed by atoms with Crippen LogP contribution < -0.4 is 5.73 Å². The van der Waals surface area contributed by atoms with Gasteiger partial charge in [0, 0.05) is 5.69 Å². The largest absolute Gasteiger partial charge is 0.399 e. The third kappa shape index (κ3) is 1.72. The molecule has 0 spiro atoms. The highest BCUT2D eigenvalue weighted by atomic mass is 35.5. The van der Waals surface area contributed by atoms with Crippen LogP contribution in [0.25, 0.3) is 0 Å². The van der Waals surface area contributed by atoms with Gasteiger partial charge >= 0.3 is 0 Å². The molecule has 1 nitrogen and oxygen atoms in total. The second kappa shape index (κ2) is 3.36. The lowest BCUT2D eigenvalue weighted by molar-refractivity contribution is 1.12. The van der Waals surface area contributed by atoms with E-state index in [4.69, 9.17) is 5.73 Å². The summed E-state index contributed by atoms with van der Waals surface area (Å²) in [5.41, 5.74) is 9.31. The highest BCUT2D eigenvalue weighted by molar-refractivity contribution is 5.85. The monoisotopic (exact) mass is 183 g/mol. The van der Waals surface area contributed by atoms with Crippen LogP contribution in [0.4, 0.5) is 5.69 Å². The zero-order valence-corrected chi connectivity index (χ0v) is 8.03. The predicted molar refractivity (Wildman–Crippen MR) is 54.8 cm³/mol. The molecule has 2 N–H and O–H groups in total. The van der Waals surface area contributed by atoms with Gasteiger partial charge in [-0.05, 0) is 42.9 Å². The highest BCUT2D eigenvalue weighted by Crippen LogP contribution is 2.40. The van der Waals surface area contributed by atoms with Crippen LogP contribution in [0.2, 0.25) is 0 Å². The fourth-order valence-corrected chi connectivity index (χ4v) is 1.37. The van der Waals surface area contributed by atoms with Crippen LogP contribution in [0.1, 0.15) is 29.9 Å². The normalized spacial score (nSPS) is 15.4. The van der Waals surface area contributed by atoms with E-state index in [9.17, 15) is 0 Å². The molecule has 1 aromatic carbocycles. The van der Waals surface area contributed by atoms with Crippen molar-refractivity contribution in [2.24, 2.45) is 0 Å². The molecule has 12 heavy (non-hydrogen) atoms. The Morgan fingerprint density at radius 1 is 1.33 bits per heavy atom. The minimum Gasteiger partial charge on any atom is -0.399 e. The molecule has 1 aliphatic rings. The van der Waals surface area contributed by atoms with Crippen LogP contribution in [0.3, 0.4) is 0 Å². The van der Waals surface area contributed by atoms with Crippen LogP contribution in [-0.4, -0.2) is 0 Å². The second-order valence-corrected chi connectivity index (χ2v) is 3.39. The predicted octanol–water partition coefficient (Wildman–Crippen LogP) is 2.88. The molecule has 2 rings (SSSR count). The van der Waals surface area contributed by atoms with E-state index in [1.165, 1.54) is 24.0 Å². The lowest BCUT2D eigenvalue weighted by Crippen LogP contribution is -1.90. The van der Waals surface area contributed by atoms with Crippen LogP contribution in [0, 0.1) is 6.92 Å². The first-order valence-corrected chi connectivity index (χ1v) is 4.13. The molecule has 0 amide bonds. The molecule has 0 aliphatic heterocycles. The summed E-state index contributed by atoms with van der Waals surface area (Å²) in [6.07, 6.45) is 2.73. The summed E-state index contributed by atoms with van der Waals surface area (Å²) in [5, 5.41) is 0. The Balaban J connectivity index is 0.000000720. The van der Waals surface area contributed by atoms with Crippen molar-refractivity contribution in [2.45, 2.75) is 25.7 Å². The molecule has 1 aromatic rings. The van der Waals surface area contributed by atoms with E-state index < -0.39 is 0 Å². The molecule has 1 saturated carbocycles. The molecule has 0 radical (unpaired) electrons. The van der Waals surface area contributed by atoms with Crippen LogP contribution >= 0.6 is 12.4 Å². The Bertz CT molecular complexity index is 279. The first-order chi connectivity index (χ1) is 5.27. The first kappa shape index (κ1) is 9.40. The Labute approximate surface area is 79.4 Å². The Morgan fingerprint density at radius 3 is 2.50 bits per heavy atom. The first-order valence-electron chi connectivity index (χ1n) is 4.13. The summed E-state index contributed by atoms with van der Waals surface area (Å²) >= 11 is 0. The number of nitrogen functional groups attached to an aromatic ring is 1. The molecule has 0 saturated heterocycles. The summed E-state index contributed by atoms with van der Waals surface area (Å²) in [7, 11) is 0. The van der Waals surface area contributed by atoms with Gasteiger partial charge in [-0.3, -0.25) is 0 Å². The SMILES string of the molecule is Cc1cc(C2CC2)ccc1N.Cl. The maximum Gasteiger partial charge on any atom is 0.0343 e. The molecule has 0 atom stereocenters. The van der Waals surface area contributed by atoms with Gasteiger partial charge < -0.3 is 5.73 Å². The van der Waals surface area contributed by atoms with Gasteiger partial charge in [-0.25, -0.2) is 0 Å². The van der Waals surface area contributed by atoms with Gasteiger partial charge in [0.1, 0.15) is 0 Å². The number of hydrogen-bond acceptors (Lipinski definition) is 1. The van der Waals surface area contributed by atoms with Crippen molar-refractivity contribution in [3.05, 3.63) is 29.3 Å². The molecule has 0 aromatic heterocycles. The van der Waals surface area contributed by atoms with Gasteiger partial charge in [-0.2, -0.15) is 0 Å². The number of hydrogen-bond donors (Lipinski definition) is 1. The number of rotatable bonds is 1. The molecule has 66 valence electrons. The van der Waals surface area contributed by atoms with E-state index in [-0.39, 0.29) is 12.4 Å². The number of nitrogens with two attached hydrogens (primary N) is 1. The zero-order valence-electron chi connectivity index (χ0n) is 7.21. The summed E-state index contributed by atoms with van der Waals surface area (Å²) in [6.45, 7) is 2.07. The zero-order chi connectivity index (χ0) is 7.84. The number of anilines is 1. The minimum absolute atomic E-state index is 0. The molecule has 1 aliphatic carbocycles. The molecular formula is C10H14ClN. The van der Waals surface area contributed by atoms with Crippen LogP contribution in [0.15, 0.2) is 18.2 Å². The van der Waals surface area contributed by atoms with Gasteiger partial charge in [0.05, 0.1) is 0 Å². The second-order valence-electron chi connectivity index (χ2n) is 3.39. The molecule has 0 bridgehead atoms. The molecular weight excluding hydrogens is 170 g/mol. The quantitative estimate of drug-likeness (QED) is 0.666. The van der Waals surface area contributed by atoms with Gasteiger partial charge in [0.25, 0.3) is 0 Å². The Hall–Kier alpha value is -0.690. The summed E-state index contributed by atoms with van der Waals surface area (Å²) in [4.78, 5) is 0. The van der Waals surface area contributed by atoms with E-state index >= 15 is 0 Å². The maximum atomic E-state index is 5.71. The van der Waals surface area contributed by atoms with Crippen molar-refractivity contribution in [1.82, 2.24) is 0 Å². The van der Waals surface area contributed by atoms with Crippen LogP contribution in [0.5, 0.6) is 0 Å². The smallest absolute Gasteiger partial charge is 0.0343 e.